The average Bonchev–Trinajstić information content (AvgIpc) is 2.67. The smallest absolute Gasteiger partial charge is 0.243 e. The van der Waals surface area contributed by atoms with Gasteiger partial charge < -0.3 is 21.3 Å². The van der Waals surface area contributed by atoms with Crippen LogP contribution in [0.2, 0.25) is 0 Å². The summed E-state index contributed by atoms with van der Waals surface area (Å²) in [6, 6.07) is 14.2. The highest BCUT2D eigenvalue weighted by atomic mass is 16.2. The molecular weight excluding hydrogens is 380 g/mol. The second-order valence-corrected chi connectivity index (χ2v) is 7.85. The summed E-state index contributed by atoms with van der Waals surface area (Å²) in [6.07, 6.45) is 0.465. The number of anilines is 4. The topological polar surface area (TPSA) is 99.3 Å². The van der Waals surface area contributed by atoms with Gasteiger partial charge in [0, 0.05) is 35.1 Å². The summed E-state index contributed by atoms with van der Waals surface area (Å²) in [5.74, 6) is -0.111. The minimum atomic E-state index is -0.205. The fourth-order valence-corrected chi connectivity index (χ4v) is 2.60. The van der Waals surface area contributed by atoms with Crippen molar-refractivity contribution in [3.8, 4) is 0 Å². The third-order valence-electron chi connectivity index (χ3n) is 4.15. The summed E-state index contributed by atoms with van der Waals surface area (Å²) in [5.41, 5.74) is 2.74. The third kappa shape index (κ3) is 7.95. The van der Waals surface area contributed by atoms with Crippen LogP contribution in [0, 0.1) is 11.8 Å². The van der Waals surface area contributed by atoms with E-state index < -0.39 is 0 Å². The molecule has 160 valence electrons. The van der Waals surface area contributed by atoms with Crippen LogP contribution in [-0.4, -0.2) is 24.3 Å². The van der Waals surface area contributed by atoms with Crippen molar-refractivity contribution in [1.82, 2.24) is 0 Å². The van der Waals surface area contributed by atoms with Crippen LogP contribution in [0.15, 0.2) is 48.5 Å². The summed E-state index contributed by atoms with van der Waals surface area (Å²) < 4.78 is 0. The minimum Gasteiger partial charge on any atom is -0.376 e. The number of carbonyl (C=O) groups is 3. The highest BCUT2D eigenvalue weighted by molar-refractivity contribution is 5.95. The Morgan fingerprint density at radius 1 is 0.733 bits per heavy atom. The standard InChI is InChI=1S/C23H30N4O3/c1-15(2)12-21(28)25-17-8-10-18(11-9-17)26-22(29)14-24-19-6-5-7-20(13-19)27-23(30)16(3)4/h5-11,13,15-16,24H,12,14H2,1-4H3,(H,25,28)(H,26,29)(H,27,30). The Kier molecular flexibility index (Phi) is 8.41. The predicted octanol–water partition coefficient (Wildman–Crippen LogP) is 4.32. The maximum absolute atomic E-state index is 12.2. The molecule has 7 heteroatoms. The highest BCUT2D eigenvalue weighted by Crippen LogP contribution is 2.17. The molecule has 3 amide bonds. The van der Waals surface area contributed by atoms with E-state index in [0.717, 1.165) is 5.69 Å². The molecule has 0 aliphatic rings. The van der Waals surface area contributed by atoms with E-state index in [1.807, 2.05) is 39.8 Å². The van der Waals surface area contributed by atoms with E-state index in [-0.39, 0.29) is 30.2 Å². The lowest BCUT2D eigenvalue weighted by Gasteiger charge is -2.11. The van der Waals surface area contributed by atoms with Gasteiger partial charge in [-0.05, 0) is 48.4 Å². The van der Waals surface area contributed by atoms with Gasteiger partial charge in [-0.25, -0.2) is 0 Å². The van der Waals surface area contributed by atoms with Crippen molar-refractivity contribution in [3.63, 3.8) is 0 Å². The maximum Gasteiger partial charge on any atom is 0.243 e. The van der Waals surface area contributed by atoms with Crippen molar-refractivity contribution in [1.29, 1.82) is 0 Å². The molecule has 0 unspecified atom stereocenters. The van der Waals surface area contributed by atoms with Crippen LogP contribution < -0.4 is 21.3 Å². The molecule has 2 rings (SSSR count). The molecule has 0 saturated heterocycles. The van der Waals surface area contributed by atoms with Gasteiger partial charge in [0.15, 0.2) is 0 Å². The molecule has 0 spiro atoms. The van der Waals surface area contributed by atoms with Crippen LogP contribution in [-0.2, 0) is 14.4 Å². The zero-order valence-corrected chi connectivity index (χ0v) is 17.9. The Balaban J connectivity index is 1.83. The quantitative estimate of drug-likeness (QED) is 0.495. The van der Waals surface area contributed by atoms with Crippen LogP contribution >= 0.6 is 0 Å². The van der Waals surface area contributed by atoms with Crippen molar-refractivity contribution in [2.45, 2.75) is 34.1 Å². The first-order valence-electron chi connectivity index (χ1n) is 10.1. The van der Waals surface area contributed by atoms with E-state index in [4.69, 9.17) is 0 Å². The number of amides is 3. The number of benzene rings is 2. The van der Waals surface area contributed by atoms with Crippen LogP contribution in [0.3, 0.4) is 0 Å². The molecule has 7 nitrogen and oxygen atoms in total. The Morgan fingerprint density at radius 3 is 1.87 bits per heavy atom. The van der Waals surface area contributed by atoms with Crippen molar-refractivity contribution in [2.75, 3.05) is 27.8 Å². The summed E-state index contributed by atoms with van der Waals surface area (Å²) in [4.78, 5) is 35.8. The largest absolute Gasteiger partial charge is 0.376 e. The molecule has 30 heavy (non-hydrogen) atoms. The number of hydrogen-bond acceptors (Lipinski definition) is 4. The second kappa shape index (κ2) is 11.0. The molecule has 2 aromatic carbocycles. The second-order valence-electron chi connectivity index (χ2n) is 7.85. The van der Waals surface area contributed by atoms with Gasteiger partial charge in [0.05, 0.1) is 6.54 Å². The van der Waals surface area contributed by atoms with Gasteiger partial charge in [-0.2, -0.15) is 0 Å². The molecule has 0 aliphatic carbocycles. The van der Waals surface area contributed by atoms with Crippen LogP contribution in [0.5, 0.6) is 0 Å². The number of nitrogens with one attached hydrogen (secondary N) is 4. The van der Waals surface area contributed by atoms with Gasteiger partial charge in [0.2, 0.25) is 17.7 Å². The SMILES string of the molecule is CC(C)CC(=O)Nc1ccc(NC(=O)CNc2cccc(NC(=O)C(C)C)c2)cc1. The highest BCUT2D eigenvalue weighted by Gasteiger charge is 2.08. The Hall–Kier alpha value is -3.35. The van der Waals surface area contributed by atoms with Crippen molar-refractivity contribution in [2.24, 2.45) is 11.8 Å². The van der Waals surface area contributed by atoms with Gasteiger partial charge in [0.25, 0.3) is 0 Å². The summed E-state index contributed by atoms with van der Waals surface area (Å²) in [5, 5.41) is 11.5. The third-order valence-corrected chi connectivity index (χ3v) is 4.15. The number of rotatable bonds is 9. The van der Waals surface area contributed by atoms with Crippen molar-refractivity contribution >= 4 is 40.5 Å². The minimum absolute atomic E-state index is 0.0298. The van der Waals surface area contributed by atoms with E-state index >= 15 is 0 Å². The lowest BCUT2D eigenvalue weighted by molar-refractivity contribution is -0.119. The van der Waals surface area contributed by atoms with Crippen molar-refractivity contribution < 1.29 is 14.4 Å². The zero-order chi connectivity index (χ0) is 22.1. The monoisotopic (exact) mass is 410 g/mol. The lowest BCUT2D eigenvalue weighted by Crippen LogP contribution is -2.22. The van der Waals surface area contributed by atoms with Crippen molar-refractivity contribution in [3.05, 3.63) is 48.5 Å². The predicted molar refractivity (Wildman–Crippen MR) is 122 cm³/mol. The maximum atomic E-state index is 12.2. The summed E-state index contributed by atoms with van der Waals surface area (Å²) >= 11 is 0. The Morgan fingerprint density at radius 2 is 1.30 bits per heavy atom. The van der Waals surface area contributed by atoms with Gasteiger partial charge in [0.1, 0.15) is 0 Å². The molecule has 0 saturated carbocycles. The Bertz CT molecular complexity index is 876. The van der Waals surface area contributed by atoms with E-state index in [1.54, 1.807) is 36.4 Å². The fourth-order valence-electron chi connectivity index (χ4n) is 2.60. The number of carbonyl (C=O) groups excluding carboxylic acids is 3. The molecule has 2 aromatic rings. The van der Waals surface area contributed by atoms with E-state index in [2.05, 4.69) is 21.3 Å². The fraction of sp³-hybridized carbons (Fsp3) is 0.348. The average molecular weight is 411 g/mol. The molecule has 0 heterocycles. The van der Waals surface area contributed by atoms with Gasteiger partial charge >= 0.3 is 0 Å². The number of hydrogen-bond donors (Lipinski definition) is 4. The molecule has 0 aromatic heterocycles. The molecular formula is C23H30N4O3. The molecule has 0 aliphatic heterocycles. The van der Waals surface area contributed by atoms with Crippen LogP contribution in [0.4, 0.5) is 22.7 Å². The van der Waals surface area contributed by atoms with E-state index in [0.29, 0.717) is 29.4 Å². The van der Waals surface area contributed by atoms with E-state index in [1.165, 1.54) is 0 Å². The first kappa shape index (κ1) is 22.9. The zero-order valence-electron chi connectivity index (χ0n) is 17.9. The molecule has 0 radical (unpaired) electrons. The van der Waals surface area contributed by atoms with Crippen LogP contribution in [0.1, 0.15) is 34.1 Å². The molecule has 0 fully saturated rings. The molecule has 0 bridgehead atoms. The van der Waals surface area contributed by atoms with Gasteiger partial charge in [-0.15, -0.1) is 0 Å². The normalized spacial score (nSPS) is 10.6. The van der Waals surface area contributed by atoms with Crippen LogP contribution in [0.25, 0.3) is 0 Å². The van der Waals surface area contributed by atoms with Gasteiger partial charge in [-0.1, -0.05) is 33.8 Å². The van der Waals surface area contributed by atoms with Gasteiger partial charge in [-0.3, -0.25) is 14.4 Å². The first-order valence-corrected chi connectivity index (χ1v) is 10.1. The Labute approximate surface area is 177 Å². The summed E-state index contributed by atoms with van der Waals surface area (Å²) in [7, 11) is 0. The first-order chi connectivity index (χ1) is 14.2. The van der Waals surface area contributed by atoms with E-state index in [9.17, 15) is 14.4 Å². The molecule has 4 N–H and O–H groups in total. The summed E-state index contributed by atoms with van der Waals surface area (Å²) in [6.45, 7) is 7.71. The lowest BCUT2D eigenvalue weighted by atomic mass is 10.1. The molecule has 0 atom stereocenters.